The van der Waals surface area contributed by atoms with Crippen LogP contribution in [0, 0.1) is 0 Å². The molecule has 0 bridgehead atoms. The van der Waals surface area contributed by atoms with Crippen molar-refractivity contribution in [3.05, 3.63) is 52.8 Å². The molecule has 2 aromatic heterocycles. The van der Waals surface area contributed by atoms with Gasteiger partial charge in [0.15, 0.2) is 10.3 Å². The molecule has 4 aromatic rings. The van der Waals surface area contributed by atoms with Crippen LogP contribution in [0.1, 0.15) is 18.9 Å². The summed E-state index contributed by atoms with van der Waals surface area (Å²) in [7, 11) is 1.62. The molecule has 1 saturated carbocycles. The predicted octanol–water partition coefficient (Wildman–Crippen LogP) is 4.08. The molecule has 0 aliphatic heterocycles. The second-order valence-corrected chi connectivity index (χ2v) is 8.98. The zero-order valence-corrected chi connectivity index (χ0v) is 17.8. The van der Waals surface area contributed by atoms with Crippen molar-refractivity contribution in [2.24, 2.45) is 0 Å². The van der Waals surface area contributed by atoms with E-state index in [2.05, 4.69) is 15.3 Å². The average Bonchev–Trinajstić information content (AvgIpc) is 3.51. The maximum atomic E-state index is 12.9. The molecule has 30 heavy (non-hydrogen) atoms. The minimum atomic E-state index is -0.184. The first-order valence-corrected chi connectivity index (χ1v) is 11.3. The molecule has 1 N–H and O–H groups in total. The van der Waals surface area contributed by atoms with Gasteiger partial charge in [0, 0.05) is 6.04 Å². The Morgan fingerprint density at radius 1 is 1.23 bits per heavy atom. The van der Waals surface area contributed by atoms with Crippen molar-refractivity contribution in [3.63, 3.8) is 0 Å². The number of hydrogen-bond donors (Lipinski definition) is 1. The number of ether oxygens (including phenoxy) is 1. The lowest BCUT2D eigenvalue weighted by atomic mass is 10.2. The number of para-hydroxylation sites is 1. The fourth-order valence-electron chi connectivity index (χ4n) is 3.25. The van der Waals surface area contributed by atoms with Crippen LogP contribution in [0.5, 0.6) is 5.75 Å². The van der Waals surface area contributed by atoms with E-state index in [4.69, 9.17) is 4.74 Å². The summed E-state index contributed by atoms with van der Waals surface area (Å²) < 4.78 is 7.91. The van der Waals surface area contributed by atoms with Gasteiger partial charge in [-0.2, -0.15) is 0 Å². The van der Waals surface area contributed by atoms with Crippen molar-refractivity contribution in [3.8, 4) is 5.75 Å². The number of hydrogen-bond acceptors (Lipinski definition) is 7. The molecule has 2 heterocycles. The van der Waals surface area contributed by atoms with Gasteiger partial charge in [0.1, 0.15) is 5.75 Å². The van der Waals surface area contributed by atoms with Crippen molar-refractivity contribution < 1.29 is 9.53 Å². The second kappa shape index (κ2) is 7.73. The van der Waals surface area contributed by atoms with E-state index in [-0.39, 0.29) is 23.3 Å². The van der Waals surface area contributed by atoms with Crippen LogP contribution in [-0.4, -0.2) is 33.3 Å². The van der Waals surface area contributed by atoms with E-state index in [0.29, 0.717) is 21.2 Å². The van der Waals surface area contributed by atoms with E-state index in [1.165, 1.54) is 23.1 Å². The first kappa shape index (κ1) is 19.1. The molecule has 1 amide bonds. The second-order valence-electron chi connectivity index (χ2n) is 7.01. The molecule has 0 saturated heterocycles. The predicted molar refractivity (Wildman–Crippen MR) is 120 cm³/mol. The van der Waals surface area contributed by atoms with Gasteiger partial charge in [0.05, 0.1) is 34.0 Å². The number of rotatable bonds is 6. The lowest BCUT2D eigenvalue weighted by Crippen LogP contribution is -2.23. The summed E-state index contributed by atoms with van der Waals surface area (Å²) in [5, 5.41) is 4.59. The van der Waals surface area contributed by atoms with Crippen molar-refractivity contribution in [1.82, 2.24) is 14.5 Å². The highest BCUT2D eigenvalue weighted by Crippen LogP contribution is 2.37. The number of fused-ring (bicyclic) bond motifs is 2. The number of thiazole rings is 1. The molecular weight excluding hydrogens is 420 g/mol. The van der Waals surface area contributed by atoms with Gasteiger partial charge < -0.3 is 10.1 Å². The molecule has 2 aromatic carbocycles. The quantitative estimate of drug-likeness (QED) is 0.361. The Balaban J connectivity index is 1.35. The average molecular weight is 439 g/mol. The molecular formula is C21H18N4O3S2. The van der Waals surface area contributed by atoms with Gasteiger partial charge in [-0.1, -0.05) is 35.2 Å². The van der Waals surface area contributed by atoms with Crippen LogP contribution in [0.15, 0.2) is 52.4 Å². The normalized spacial score (nSPS) is 13.6. The van der Waals surface area contributed by atoms with Crippen LogP contribution in [0.3, 0.4) is 0 Å². The SMILES string of the molecule is COc1ccc2nc(NC(=O)CSc3nc4ccccc4c(=O)n3C3CC3)sc2c1. The van der Waals surface area contributed by atoms with Crippen LogP contribution < -0.4 is 15.6 Å². The first-order valence-electron chi connectivity index (χ1n) is 9.51. The summed E-state index contributed by atoms with van der Waals surface area (Å²) in [4.78, 5) is 34.5. The summed E-state index contributed by atoms with van der Waals surface area (Å²) in [6.07, 6.45) is 1.93. The lowest BCUT2D eigenvalue weighted by molar-refractivity contribution is -0.113. The molecule has 0 atom stereocenters. The van der Waals surface area contributed by atoms with Crippen molar-refractivity contribution in [1.29, 1.82) is 0 Å². The van der Waals surface area contributed by atoms with Crippen LogP contribution in [0.4, 0.5) is 5.13 Å². The van der Waals surface area contributed by atoms with E-state index in [0.717, 1.165) is 28.8 Å². The van der Waals surface area contributed by atoms with E-state index in [1.54, 1.807) is 17.7 Å². The number of nitrogens with zero attached hydrogens (tertiary/aromatic N) is 3. The summed E-state index contributed by atoms with van der Waals surface area (Å²) in [5.74, 6) is 0.715. The van der Waals surface area contributed by atoms with Gasteiger partial charge in [0.2, 0.25) is 5.91 Å². The summed E-state index contributed by atoms with van der Waals surface area (Å²) in [6.45, 7) is 0. The van der Waals surface area contributed by atoms with Crippen molar-refractivity contribution in [2.75, 3.05) is 18.2 Å². The zero-order valence-electron chi connectivity index (χ0n) is 16.1. The molecule has 5 rings (SSSR count). The van der Waals surface area contributed by atoms with Gasteiger partial charge in [-0.15, -0.1) is 0 Å². The molecule has 0 spiro atoms. The monoisotopic (exact) mass is 438 g/mol. The number of carbonyl (C=O) groups is 1. The third kappa shape index (κ3) is 3.66. The molecule has 1 aliphatic rings. The smallest absolute Gasteiger partial charge is 0.262 e. The molecule has 1 fully saturated rings. The Hall–Kier alpha value is -2.91. The molecule has 0 radical (unpaired) electrons. The van der Waals surface area contributed by atoms with Crippen LogP contribution in [-0.2, 0) is 4.79 Å². The number of methoxy groups -OCH3 is 1. The van der Waals surface area contributed by atoms with Crippen molar-refractivity contribution >= 4 is 55.3 Å². The lowest BCUT2D eigenvalue weighted by Gasteiger charge is -2.12. The Labute approximate surface area is 180 Å². The number of aromatic nitrogens is 3. The fraction of sp³-hybridized carbons (Fsp3) is 0.238. The Bertz CT molecular complexity index is 1330. The minimum absolute atomic E-state index is 0.0360. The summed E-state index contributed by atoms with van der Waals surface area (Å²) >= 11 is 2.68. The van der Waals surface area contributed by atoms with Gasteiger partial charge in [-0.05, 0) is 43.2 Å². The van der Waals surface area contributed by atoms with E-state index < -0.39 is 0 Å². The van der Waals surface area contributed by atoms with E-state index >= 15 is 0 Å². The number of nitrogens with one attached hydrogen (secondary N) is 1. The van der Waals surface area contributed by atoms with Gasteiger partial charge in [-0.3, -0.25) is 14.2 Å². The van der Waals surface area contributed by atoms with Crippen LogP contribution in [0.2, 0.25) is 0 Å². The molecule has 9 heteroatoms. The maximum Gasteiger partial charge on any atom is 0.262 e. The topological polar surface area (TPSA) is 86.1 Å². The number of thioether (sulfide) groups is 1. The Kier molecular flexibility index (Phi) is 4.92. The zero-order chi connectivity index (χ0) is 20.7. The first-order chi connectivity index (χ1) is 14.6. The largest absolute Gasteiger partial charge is 0.497 e. The Morgan fingerprint density at radius 2 is 2.07 bits per heavy atom. The molecule has 152 valence electrons. The van der Waals surface area contributed by atoms with Crippen molar-refractivity contribution in [2.45, 2.75) is 24.0 Å². The van der Waals surface area contributed by atoms with E-state index in [9.17, 15) is 9.59 Å². The molecule has 1 aliphatic carbocycles. The third-order valence-corrected chi connectivity index (χ3v) is 6.75. The van der Waals surface area contributed by atoms with Crippen LogP contribution >= 0.6 is 23.1 Å². The van der Waals surface area contributed by atoms with Gasteiger partial charge in [-0.25, -0.2) is 9.97 Å². The standard InChI is InChI=1S/C21H18N4O3S2/c1-28-13-8-9-16-17(10-13)30-20(22-16)24-18(26)11-29-21-23-15-5-3-2-4-14(15)19(27)25(21)12-6-7-12/h2-5,8-10,12H,6-7,11H2,1H3,(H,22,24,26). The highest BCUT2D eigenvalue weighted by molar-refractivity contribution is 7.99. The minimum Gasteiger partial charge on any atom is -0.497 e. The third-order valence-electron chi connectivity index (χ3n) is 4.86. The van der Waals surface area contributed by atoms with Gasteiger partial charge >= 0.3 is 0 Å². The fourth-order valence-corrected chi connectivity index (χ4v) is 5.03. The number of benzene rings is 2. The van der Waals surface area contributed by atoms with E-state index in [1.807, 2.05) is 36.4 Å². The highest BCUT2D eigenvalue weighted by Gasteiger charge is 2.28. The number of amides is 1. The Morgan fingerprint density at radius 3 is 2.87 bits per heavy atom. The molecule has 7 nitrogen and oxygen atoms in total. The van der Waals surface area contributed by atoms with Crippen LogP contribution in [0.25, 0.3) is 21.1 Å². The summed E-state index contributed by atoms with van der Waals surface area (Å²) in [6, 6.07) is 13.1. The molecule has 0 unspecified atom stereocenters. The van der Waals surface area contributed by atoms with Gasteiger partial charge in [0.25, 0.3) is 5.56 Å². The highest BCUT2D eigenvalue weighted by atomic mass is 32.2. The number of anilines is 1. The summed E-state index contributed by atoms with van der Waals surface area (Å²) in [5.41, 5.74) is 1.43. The maximum absolute atomic E-state index is 12.9. The number of carbonyl (C=O) groups excluding carboxylic acids is 1.